The van der Waals surface area contributed by atoms with Crippen molar-refractivity contribution < 1.29 is 14.4 Å². The molecule has 1 atom stereocenters. The van der Waals surface area contributed by atoms with E-state index in [0.717, 1.165) is 17.0 Å². The maximum atomic E-state index is 11.0. The van der Waals surface area contributed by atoms with Crippen LogP contribution < -0.4 is 5.32 Å². The van der Waals surface area contributed by atoms with E-state index in [1.807, 2.05) is 20.8 Å². The van der Waals surface area contributed by atoms with E-state index in [1.165, 1.54) is 12.3 Å². The van der Waals surface area contributed by atoms with Gasteiger partial charge >= 0.3 is 5.97 Å². The van der Waals surface area contributed by atoms with Gasteiger partial charge in [0, 0.05) is 11.8 Å². The van der Waals surface area contributed by atoms with Gasteiger partial charge in [0.05, 0.1) is 22.3 Å². The van der Waals surface area contributed by atoms with E-state index in [2.05, 4.69) is 15.5 Å². The van der Waals surface area contributed by atoms with E-state index in [9.17, 15) is 4.79 Å². The molecule has 2 heterocycles. The van der Waals surface area contributed by atoms with Crippen molar-refractivity contribution >= 4 is 23.4 Å². The summed E-state index contributed by atoms with van der Waals surface area (Å²) >= 11 is 5.78. The van der Waals surface area contributed by atoms with Crippen LogP contribution in [0.2, 0.25) is 5.02 Å². The third kappa shape index (κ3) is 2.75. The lowest BCUT2D eigenvalue weighted by Gasteiger charge is -2.14. The largest absolute Gasteiger partial charge is 0.478 e. The van der Waals surface area contributed by atoms with Gasteiger partial charge in [-0.25, -0.2) is 9.78 Å². The van der Waals surface area contributed by atoms with Crippen molar-refractivity contribution in [1.82, 2.24) is 10.1 Å². The van der Waals surface area contributed by atoms with E-state index in [0.29, 0.717) is 5.82 Å². The third-order valence-corrected chi connectivity index (χ3v) is 3.27. The fraction of sp³-hybridized carbons (Fsp3) is 0.308. The standard InChI is InChI=1S/C13H14ClN3O3/c1-6(12-7(2)17-20-8(12)3)16-11-4-9(13(18)19)10(14)5-15-11/h4-6H,1-3H3,(H,15,16)(H,18,19). The number of nitrogens with zero attached hydrogens (tertiary/aromatic N) is 2. The number of aromatic carboxylic acids is 1. The summed E-state index contributed by atoms with van der Waals surface area (Å²) in [6.07, 6.45) is 1.31. The molecule has 2 aromatic rings. The van der Waals surface area contributed by atoms with E-state index < -0.39 is 5.97 Å². The molecule has 106 valence electrons. The van der Waals surface area contributed by atoms with Crippen LogP contribution in [0.5, 0.6) is 0 Å². The van der Waals surface area contributed by atoms with Crippen LogP contribution in [0.1, 0.15) is 40.3 Å². The molecule has 2 N–H and O–H groups in total. The van der Waals surface area contributed by atoms with Crippen molar-refractivity contribution in [2.45, 2.75) is 26.8 Å². The zero-order chi connectivity index (χ0) is 14.9. The Morgan fingerprint density at radius 3 is 2.75 bits per heavy atom. The summed E-state index contributed by atoms with van der Waals surface area (Å²) in [4.78, 5) is 15.1. The monoisotopic (exact) mass is 295 g/mol. The van der Waals surface area contributed by atoms with Crippen LogP contribution in [0.4, 0.5) is 5.82 Å². The molecule has 0 amide bonds. The average molecular weight is 296 g/mol. The zero-order valence-corrected chi connectivity index (χ0v) is 12.0. The molecule has 0 saturated heterocycles. The van der Waals surface area contributed by atoms with Gasteiger partial charge in [-0.15, -0.1) is 0 Å². The Morgan fingerprint density at radius 1 is 1.50 bits per heavy atom. The van der Waals surface area contributed by atoms with Gasteiger partial charge in [-0.3, -0.25) is 0 Å². The molecule has 0 spiro atoms. The van der Waals surface area contributed by atoms with Crippen LogP contribution >= 0.6 is 11.6 Å². The Bertz CT molecular complexity index is 635. The lowest BCUT2D eigenvalue weighted by molar-refractivity contribution is 0.0697. The third-order valence-electron chi connectivity index (χ3n) is 2.97. The van der Waals surface area contributed by atoms with Gasteiger partial charge in [-0.2, -0.15) is 0 Å². The molecule has 20 heavy (non-hydrogen) atoms. The molecule has 0 aliphatic heterocycles. The first-order chi connectivity index (χ1) is 9.40. The summed E-state index contributed by atoms with van der Waals surface area (Å²) in [7, 11) is 0. The van der Waals surface area contributed by atoms with Crippen LogP contribution in [0.15, 0.2) is 16.8 Å². The number of pyridine rings is 1. The number of rotatable bonds is 4. The number of carboxylic acid groups (broad SMARTS) is 1. The van der Waals surface area contributed by atoms with Gasteiger partial charge in [0.25, 0.3) is 0 Å². The summed E-state index contributed by atoms with van der Waals surface area (Å²) in [5.74, 6) is 0.0552. The smallest absolute Gasteiger partial charge is 0.337 e. The molecular weight excluding hydrogens is 282 g/mol. The Morgan fingerprint density at radius 2 is 2.20 bits per heavy atom. The quantitative estimate of drug-likeness (QED) is 0.900. The first-order valence-corrected chi connectivity index (χ1v) is 6.36. The van der Waals surface area contributed by atoms with Crippen LogP contribution in [0.3, 0.4) is 0 Å². The number of aromatic nitrogens is 2. The van der Waals surface area contributed by atoms with E-state index in [1.54, 1.807) is 0 Å². The number of nitrogens with one attached hydrogen (secondary N) is 1. The molecule has 2 rings (SSSR count). The molecule has 0 aliphatic rings. The lowest BCUT2D eigenvalue weighted by Crippen LogP contribution is -2.10. The molecule has 0 aromatic carbocycles. The second-order valence-electron chi connectivity index (χ2n) is 4.46. The van der Waals surface area contributed by atoms with Crippen LogP contribution in [-0.4, -0.2) is 21.2 Å². The number of halogens is 1. The van der Waals surface area contributed by atoms with E-state index >= 15 is 0 Å². The Kier molecular flexibility index (Phi) is 3.94. The van der Waals surface area contributed by atoms with Crippen molar-refractivity contribution in [1.29, 1.82) is 0 Å². The van der Waals surface area contributed by atoms with Gasteiger partial charge < -0.3 is 14.9 Å². The van der Waals surface area contributed by atoms with Crippen LogP contribution in [0, 0.1) is 13.8 Å². The minimum Gasteiger partial charge on any atom is -0.478 e. The van der Waals surface area contributed by atoms with Gasteiger partial charge in [0.15, 0.2) is 0 Å². The highest BCUT2D eigenvalue weighted by molar-refractivity contribution is 6.33. The van der Waals surface area contributed by atoms with Gasteiger partial charge in [0.1, 0.15) is 11.6 Å². The highest BCUT2D eigenvalue weighted by Gasteiger charge is 2.18. The molecular formula is C13H14ClN3O3. The number of carboxylic acids is 1. The van der Waals surface area contributed by atoms with Crippen LogP contribution in [0.25, 0.3) is 0 Å². The highest BCUT2D eigenvalue weighted by Crippen LogP contribution is 2.25. The molecule has 0 aliphatic carbocycles. The lowest BCUT2D eigenvalue weighted by atomic mass is 10.1. The molecule has 0 saturated carbocycles. The van der Waals surface area contributed by atoms with E-state index in [4.69, 9.17) is 21.2 Å². The topological polar surface area (TPSA) is 88.2 Å². The number of aryl methyl sites for hydroxylation is 2. The average Bonchev–Trinajstić information content (AvgIpc) is 2.71. The zero-order valence-electron chi connectivity index (χ0n) is 11.3. The Hall–Kier alpha value is -2.08. The van der Waals surface area contributed by atoms with Crippen LogP contribution in [-0.2, 0) is 0 Å². The van der Waals surface area contributed by atoms with E-state index in [-0.39, 0.29) is 16.6 Å². The molecule has 7 heteroatoms. The van der Waals surface area contributed by atoms with Crippen molar-refractivity contribution in [3.63, 3.8) is 0 Å². The molecule has 6 nitrogen and oxygen atoms in total. The summed E-state index contributed by atoms with van der Waals surface area (Å²) in [5, 5.41) is 16.1. The van der Waals surface area contributed by atoms with Gasteiger partial charge in [0.2, 0.25) is 0 Å². The molecule has 0 bridgehead atoms. The SMILES string of the molecule is Cc1noc(C)c1C(C)Nc1cc(C(=O)O)c(Cl)cn1. The number of carbonyl (C=O) groups is 1. The van der Waals surface area contributed by atoms with Crippen molar-refractivity contribution in [2.75, 3.05) is 5.32 Å². The minimum absolute atomic E-state index is 0.00938. The number of anilines is 1. The second-order valence-corrected chi connectivity index (χ2v) is 4.87. The minimum atomic E-state index is -1.09. The molecule has 0 radical (unpaired) electrons. The first-order valence-electron chi connectivity index (χ1n) is 5.98. The summed E-state index contributed by atoms with van der Waals surface area (Å²) in [6.45, 7) is 5.59. The molecule has 0 fully saturated rings. The number of hydrogen-bond acceptors (Lipinski definition) is 5. The van der Waals surface area contributed by atoms with Gasteiger partial charge in [-0.05, 0) is 26.8 Å². The highest BCUT2D eigenvalue weighted by atomic mass is 35.5. The van der Waals surface area contributed by atoms with Gasteiger partial charge in [-0.1, -0.05) is 16.8 Å². The summed E-state index contributed by atoms with van der Waals surface area (Å²) in [6, 6.07) is 1.29. The Labute approximate surface area is 120 Å². The van der Waals surface area contributed by atoms with Crippen molar-refractivity contribution in [3.05, 3.63) is 39.9 Å². The fourth-order valence-corrected chi connectivity index (χ4v) is 2.27. The van der Waals surface area contributed by atoms with Crippen molar-refractivity contribution in [2.24, 2.45) is 0 Å². The normalized spacial score (nSPS) is 12.2. The second kappa shape index (κ2) is 5.50. The van der Waals surface area contributed by atoms with Crippen molar-refractivity contribution in [3.8, 4) is 0 Å². The summed E-state index contributed by atoms with van der Waals surface area (Å²) in [5.41, 5.74) is 1.73. The fourth-order valence-electron chi connectivity index (χ4n) is 2.08. The molecule has 1 unspecified atom stereocenters. The summed E-state index contributed by atoms with van der Waals surface area (Å²) < 4.78 is 5.11. The predicted molar refractivity (Wildman–Crippen MR) is 74.2 cm³/mol. The first kappa shape index (κ1) is 14.3. The maximum absolute atomic E-state index is 11.0. The molecule has 2 aromatic heterocycles. The Balaban J connectivity index is 2.26. The number of hydrogen-bond donors (Lipinski definition) is 2. The maximum Gasteiger partial charge on any atom is 0.337 e. The predicted octanol–water partition coefficient (Wildman–Crippen LogP) is 3.21.